The zero-order chi connectivity index (χ0) is 21.2. The Hall–Kier alpha value is -2.09. The number of sulfonamides is 1. The van der Waals surface area contributed by atoms with Gasteiger partial charge in [0, 0.05) is 18.8 Å². The fraction of sp³-hybridized carbons (Fsp3) is 0.381. The van der Waals surface area contributed by atoms with Gasteiger partial charge in [-0.25, -0.2) is 8.42 Å². The van der Waals surface area contributed by atoms with Crippen LogP contribution in [0, 0.1) is 20.8 Å². The van der Waals surface area contributed by atoms with Gasteiger partial charge in [-0.15, -0.1) is 0 Å². The van der Waals surface area contributed by atoms with E-state index >= 15 is 0 Å². The minimum atomic E-state index is -3.55. The van der Waals surface area contributed by atoms with Gasteiger partial charge < -0.3 is 10.1 Å². The molecule has 1 aliphatic rings. The van der Waals surface area contributed by atoms with Crippen molar-refractivity contribution in [3.63, 3.8) is 0 Å². The molecule has 1 saturated heterocycles. The van der Waals surface area contributed by atoms with E-state index < -0.39 is 10.0 Å². The van der Waals surface area contributed by atoms with Crippen LogP contribution in [-0.2, 0) is 14.8 Å². The molecule has 1 aliphatic heterocycles. The number of carbonyl (C=O) groups is 1. The number of benzene rings is 2. The van der Waals surface area contributed by atoms with Gasteiger partial charge in [0.05, 0.1) is 9.92 Å². The first-order chi connectivity index (χ1) is 13.7. The maximum absolute atomic E-state index is 12.6. The predicted octanol–water partition coefficient (Wildman–Crippen LogP) is 4.07. The molecular formula is C21H25ClN2O4S. The normalized spacial score (nSPS) is 14.8. The van der Waals surface area contributed by atoms with E-state index in [4.69, 9.17) is 16.3 Å². The second-order valence-electron chi connectivity index (χ2n) is 7.31. The molecule has 0 bridgehead atoms. The number of amides is 1. The second kappa shape index (κ2) is 8.73. The highest BCUT2D eigenvalue weighted by Crippen LogP contribution is 2.30. The van der Waals surface area contributed by atoms with Gasteiger partial charge in [-0.05, 0) is 62.9 Å². The van der Waals surface area contributed by atoms with E-state index in [9.17, 15) is 13.2 Å². The highest BCUT2D eigenvalue weighted by atomic mass is 35.5. The molecule has 156 valence electrons. The van der Waals surface area contributed by atoms with Crippen LogP contribution in [0.25, 0.3) is 0 Å². The standard InChI is InChI=1S/C21H25ClN2O4S/c1-14-10-15(2)21(16(3)11-14)23-20(25)13-28-19-7-6-17(12-18(19)22)29(26,27)24-8-4-5-9-24/h6-7,10-12H,4-5,8-9,13H2,1-3H3,(H,23,25). The Morgan fingerprint density at radius 1 is 1.10 bits per heavy atom. The monoisotopic (exact) mass is 436 g/mol. The third-order valence-electron chi connectivity index (χ3n) is 4.91. The summed E-state index contributed by atoms with van der Waals surface area (Å²) in [6.07, 6.45) is 1.73. The first-order valence-corrected chi connectivity index (χ1v) is 11.3. The zero-order valence-electron chi connectivity index (χ0n) is 16.8. The molecule has 0 aliphatic carbocycles. The van der Waals surface area contributed by atoms with Crippen molar-refractivity contribution in [2.75, 3.05) is 25.0 Å². The molecule has 0 radical (unpaired) electrons. The molecule has 0 spiro atoms. The van der Waals surface area contributed by atoms with Crippen LogP contribution in [0.4, 0.5) is 5.69 Å². The van der Waals surface area contributed by atoms with Crippen LogP contribution in [0.3, 0.4) is 0 Å². The Morgan fingerprint density at radius 2 is 1.72 bits per heavy atom. The Balaban J connectivity index is 1.66. The maximum Gasteiger partial charge on any atom is 0.262 e. The first kappa shape index (κ1) is 21.6. The summed E-state index contributed by atoms with van der Waals surface area (Å²) in [6.45, 7) is 6.70. The molecule has 1 N–H and O–H groups in total. The van der Waals surface area contributed by atoms with E-state index in [-0.39, 0.29) is 28.2 Å². The summed E-state index contributed by atoms with van der Waals surface area (Å²) in [5.41, 5.74) is 3.85. The second-order valence-corrected chi connectivity index (χ2v) is 9.66. The topological polar surface area (TPSA) is 75.7 Å². The predicted molar refractivity (Wildman–Crippen MR) is 114 cm³/mol. The van der Waals surface area contributed by atoms with Crippen LogP contribution in [0.15, 0.2) is 35.2 Å². The number of carbonyl (C=O) groups excluding carboxylic acids is 1. The summed E-state index contributed by atoms with van der Waals surface area (Å²) in [5, 5.41) is 3.01. The van der Waals surface area contributed by atoms with Gasteiger partial charge in [0.15, 0.2) is 6.61 Å². The van der Waals surface area contributed by atoms with Crippen molar-refractivity contribution < 1.29 is 17.9 Å². The van der Waals surface area contributed by atoms with Gasteiger partial charge in [0.2, 0.25) is 10.0 Å². The number of hydrogen-bond donors (Lipinski definition) is 1. The van der Waals surface area contributed by atoms with Crippen molar-refractivity contribution in [1.82, 2.24) is 4.31 Å². The summed E-state index contributed by atoms with van der Waals surface area (Å²) in [4.78, 5) is 12.4. The first-order valence-electron chi connectivity index (χ1n) is 9.48. The van der Waals surface area contributed by atoms with Gasteiger partial charge in [-0.3, -0.25) is 4.79 Å². The lowest BCUT2D eigenvalue weighted by molar-refractivity contribution is -0.118. The van der Waals surface area contributed by atoms with Crippen LogP contribution in [0.2, 0.25) is 5.02 Å². The summed E-state index contributed by atoms with van der Waals surface area (Å²) >= 11 is 6.21. The SMILES string of the molecule is Cc1cc(C)c(NC(=O)COc2ccc(S(=O)(=O)N3CCCC3)cc2Cl)c(C)c1. The highest BCUT2D eigenvalue weighted by molar-refractivity contribution is 7.89. The number of nitrogens with one attached hydrogen (secondary N) is 1. The number of aryl methyl sites for hydroxylation is 3. The third-order valence-corrected chi connectivity index (χ3v) is 7.10. The maximum atomic E-state index is 12.6. The zero-order valence-corrected chi connectivity index (χ0v) is 18.4. The average molecular weight is 437 g/mol. The van der Waals surface area contributed by atoms with Crippen molar-refractivity contribution in [3.8, 4) is 5.75 Å². The van der Waals surface area contributed by atoms with Crippen LogP contribution < -0.4 is 10.1 Å². The van der Waals surface area contributed by atoms with Crippen molar-refractivity contribution in [2.45, 2.75) is 38.5 Å². The highest BCUT2D eigenvalue weighted by Gasteiger charge is 2.27. The molecule has 0 atom stereocenters. The van der Waals surface area contributed by atoms with Gasteiger partial charge in [0.25, 0.3) is 5.91 Å². The Labute approximate surface area is 176 Å². The van der Waals surface area contributed by atoms with E-state index in [0.717, 1.165) is 35.2 Å². The minimum absolute atomic E-state index is 0.132. The van der Waals surface area contributed by atoms with Gasteiger partial charge >= 0.3 is 0 Å². The number of nitrogens with zero attached hydrogens (tertiary/aromatic N) is 1. The van der Waals surface area contributed by atoms with Crippen molar-refractivity contribution in [2.24, 2.45) is 0 Å². The van der Waals surface area contributed by atoms with Gasteiger partial charge in [-0.1, -0.05) is 29.3 Å². The molecule has 1 fully saturated rings. The number of ether oxygens (including phenoxy) is 1. The smallest absolute Gasteiger partial charge is 0.262 e. The lowest BCUT2D eigenvalue weighted by Crippen LogP contribution is -2.27. The van der Waals surface area contributed by atoms with E-state index in [1.807, 2.05) is 32.9 Å². The van der Waals surface area contributed by atoms with Gasteiger partial charge in [0.1, 0.15) is 5.75 Å². The molecule has 1 heterocycles. The Morgan fingerprint density at radius 3 is 2.31 bits per heavy atom. The summed E-state index contributed by atoms with van der Waals surface area (Å²) < 4.78 is 32.2. The molecule has 0 aromatic heterocycles. The number of hydrogen-bond acceptors (Lipinski definition) is 4. The lowest BCUT2D eigenvalue weighted by Gasteiger charge is -2.16. The molecule has 0 unspecified atom stereocenters. The third kappa shape index (κ3) is 4.91. The van der Waals surface area contributed by atoms with Crippen LogP contribution >= 0.6 is 11.6 Å². The summed E-state index contributed by atoms with van der Waals surface area (Å²) in [6, 6.07) is 8.32. The molecule has 8 heteroatoms. The quantitative estimate of drug-likeness (QED) is 0.740. The van der Waals surface area contributed by atoms with E-state index in [0.29, 0.717) is 13.1 Å². The molecular weight excluding hydrogens is 412 g/mol. The average Bonchev–Trinajstić information content (AvgIpc) is 3.19. The minimum Gasteiger partial charge on any atom is -0.482 e. The van der Waals surface area contributed by atoms with Crippen molar-refractivity contribution >= 4 is 33.2 Å². The van der Waals surface area contributed by atoms with Crippen molar-refractivity contribution in [1.29, 1.82) is 0 Å². The molecule has 1 amide bonds. The fourth-order valence-corrected chi connectivity index (χ4v) is 5.38. The molecule has 0 saturated carbocycles. The van der Waals surface area contributed by atoms with E-state index in [2.05, 4.69) is 5.32 Å². The molecule has 29 heavy (non-hydrogen) atoms. The fourth-order valence-electron chi connectivity index (χ4n) is 3.53. The van der Waals surface area contributed by atoms with E-state index in [1.54, 1.807) is 0 Å². The van der Waals surface area contributed by atoms with E-state index in [1.165, 1.54) is 22.5 Å². The van der Waals surface area contributed by atoms with Crippen LogP contribution in [0.5, 0.6) is 5.75 Å². The molecule has 6 nitrogen and oxygen atoms in total. The van der Waals surface area contributed by atoms with Crippen LogP contribution in [-0.4, -0.2) is 38.3 Å². The molecule has 2 aromatic carbocycles. The lowest BCUT2D eigenvalue weighted by atomic mass is 10.1. The number of halogens is 1. The Kier molecular flexibility index (Phi) is 6.51. The molecule has 3 rings (SSSR count). The number of anilines is 1. The van der Waals surface area contributed by atoms with Gasteiger partial charge in [-0.2, -0.15) is 4.31 Å². The Bertz CT molecular complexity index is 1010. The summed E-state index contributed by atoms with van der Waals surface area (Å²) in [5.74, 6) is -0.0515. The largest absolute Gasteiger partial charge is 0.482 e. The van der Waals surface area contributed by atoms with Crippen molar-refractivity contribution in [3.05, 3.63) is 52.0 Å². The number of rotatable bonds is 6. The summed E-state index contributed by atoms with van der Waals surface area (Å²) in [7, 11) is -3.55. The molecule has 2 aromatic rings. The van der Waals surface area contributed by atoms with Crippen LogP contribution in [0.1, 0.15) is 29.5 Å².